The first-order valence-corrected chi connectivity index (χ1v) is 11.8. The molecule has 3 aromatic carbocycles. The Morgan fingerprint density at radius 2 is 1.68 bits per heavy atom. The quantitative estimate of drug-likeness (QED) is 0.342. The summed E-state index contributed by atoms with van der Waals surface area (Å²) in [7, 11) is 0. The third-order valence-electron chi connectivity index (χ3n) is 5.10. The van der Waals surface area contributed by atoms with Gasteiger partial charge in [0, 0.05) is 16.8 Å². The molecule has 0 aliphatic carbocycles. The van der Waals surface area contributed by atoms with Gasteiger partial charge in [0.2, 0.25) is 11.8 Å². The van der Waals surface area contributed by atoms with E-state index in [-0.39, 0.29) is 5.91 Å². The number of nitrogens with one attached hydrogen (secondary N) is 1. The highest BCUT2D eigenvalue weighted by Gasteiger charge is 2.22. The van der Waals surface area contributed by atoms with Crippen molar-refractivity contribution in [1.82, 2.24) is 14.8 Å². The number of amides is 2. The first kappa shape index (κ1) is 23.5. The molecule has 1 aromatic heterocycles. The van der Waals surface area contributed by atoms with Crippen LogP contribution in [0.25, 0.3) is 11.4 Å². The summed E-state index contributed by atoms with van der Waals surface area (Å²) in [5, 5.41) is 12.3. The van der Waals surface area contributed by atoms with Crippen LogP contribution in [0.1, 0.15) is 22.8 Å². The molecule has 1 heterocycles. The Kier molecular flexibility index (Phi) is 7.30. The van der Waals surface area contributed by atoms with Gasteiger partial charge in [-0.1, -0.05) is 65.8 Å². The van der Waals surface area contributed by atoms with Gasteiger partial charge in [0.1, 0.15) is 0 Å². The van der Waals surface area contributed by atoms with Crippen molar-refractivity contribution in [3.63, 3.8) is 0 Å². The average Bonchev–Trinajstić information content (AvgIpc) is 3.22. The van der Waals surface area contributed by atoms with Gasteiger partial charge in [-0.2, -0.15) is 0 Å². The van der Waals surface area contributed by atoms with E-state index in [1.807, 2.05) is 59.2 Å². The molecule has 3 N–H and O–H groups in total. The maximum absolute atomic E-state index is 12.8. The number of carbonyl (C=O) groups excluding carboxylic acids is 2. The van der Waals surface area contributed by atoms with E-state index < -0.39 is 11.2 Å². The fraction of sp³-hybridized carbons (Fsp3) is 0.120. The van der Waals surface area contributed by atoms with Crippen LogP contribution >= 0.6 is 23.4 Å². The van der Waals surface area contributed by atoms with E-state index in [4.69, 9.17) is 17.3 Å². The Balaban J connectivity index is 1.57. The van der Waals surface area contributed by atoms with E-state index in [2.05, 4.69) is 15.5 Å². The first-order valence-electron chi connectivity index (χ1n) is 10.5. The average molecular weight is 492 g/mol. The van der Waals surface area contributed by atoms with Gasteiger partial charge in [-0.15, -0.1) is 10.2 Å². The third-order valence-corrected chi connectivity index (χ3v) is 6.51. The van der Waals surface area contributed by atoms with E-state index in [0.717, 1.165) is 11.1 Å². The SMILES string of the molecule is CC(Sc1nnc(-c2ccccc2Cl)n1Cc1ccccc1)C(=O)Nc1ccc(C(N)=O)cc1. The summed E-state index contributed by atoms with van der Waals surface area (Å²) >= 11 is 7.75. The lowest BCUT2D eigenvalue weighted by Gasteiger charge is -2.14. The second-order valence-corrected chi connectivity index (χ2v) is 9.26. The summed E-state index contributed by atoms with van der Waals surface area (Å²) in [6.45, 7) is 2.33. The molecule has 0 radical (unpaired) electrons. The molecule has 2 amide bonds. The van der Waals surface area contributed by atoms with Gasteiger partial charge in [-0.05, 0) is 48.9 Å². The van der Waals surface area contributed by atoms with Gasteiger partial charge in [-0.3, -0.25) is 14.2 Å². The van der Waals surface area contributed by atoms with Crippen molar-refractivity contribution in [3.05, 3.63) is 95.0 Å². The third kappa shape index (κ3) is 5.47. The van der Waals surface area contributed by atoms with Crippen LogP contribution in [0.5, 0.6) is 0 Å². The fourth-order valence-corrected chi connectivity index (χ4v) is 4.37. The predicted molar refractivity (Wildman–Crippen MR) is 135 cm³/mol. The topological polar surface area (TPSA) is 103 Å². The van der Waals surface area contributed by atoms with Crippen molar-refractivity contribution >= 4 is 40.9 Å². The molecule has 0 spiro atoms. The molecule has 0 saturated carbocycles. The highest BCUT2D eigenvalue weighted by Crippen LogP contribution is 2.31. The maximum atomic E-state index is 12.8. The lowest BCUT2D eigenvalue weighted by molar-refractivity contribution is -0.115. The van der Waals surface area contributed by atoms with E-state index in [0.29, 0.717) is 33.8 Å². The van der Waals surface area contributed by atoms with Crippen LogP contribution in [0.3, 0.4) is 0 Å². The minimum atomic E-state index is -0.520. The molecule has 0 bridgehead atoms. The number of aromatic nitrogens is 3. The zero-order chi connectivity index (χ0) is 24.1. The molecule has 7 nitrogen and oxygen atoms in total. The molecule has 0 fully saturated rings. The van der Waals surface area contributed by atoms with Gasteiger partial charge in [0.25, 0.3) is 0 Å². The number of hydrogen-bond donors (Lipinski definition) is 2. The summed E-state index contributed by atoms with van der Waals surface area (Å²) in [4.78, 5) is 24.1. The van der Waals surface area contributed by atoms with Crippen molar-refractivity contribution in [2.75, 3.05) is 5.32 Å². The highest BCUT2D eigenvalue weighted by molar-refractivity contribution is 8.00. The zero-order valence-electron chi connectivity index (χ0n) is 18.3. The van der Waals surface area contributed by atoms with Crippen LogP contribution in [0.2, 0.25) is 5.02 Å². The number of rotatable bonds is 8. The molecule has 1 unspecified atom stereocenters. The number of carbonyl (C=O) groups is 2. The van der Waals surface area contributed by atoms with Gasteiger partial charge in [0.05, 0.1) is 16.8 Å². The van der Waals surface area contributed by atoms with Crippen molar-refractivity contribution in [2.45, 2.75) is 23.9 Å². The monoisotopic (exact) mass is 491 g/mol. The van der Waals surface area contributed by atoms with Gasteiger partial charge in [-0.25, -0.2) is 0 Å². The van der Waals surface area contributed by atoms with E-state index >= 15 is 0 Å². The minimum Gasteiger partial charge on any atom is -0.366 e. The number of nitrogens with two attached hydrogens (primary N) is 1. The molecule has 9 heteroatoms. The summed E-state index contributed by atoms with van der Waals surface area (Å²) in [5.74, 6) is -0.0918. The smallest absolute Gasteiger partial charge is 0.248 e. The number of primary amides is 1. The Hall–Kier alpha value is -3.62. The zero-order valence-corrected chi connectivity index (χ0v) is 19.9. The second kappa shape index (κ2) is 10.5. The fourth-order valence-electron chi connectivity index (χ4n) is 3.30. The Morgan fingerprint density at radius 3 is 2.35 bits per heavy atom. The van der Waals surface area contributed by atoms with Crippen LogP contribution in [-0.2, 0) is 11.3 Å². The summed E-state index contributed by atoms with van der Waals surface area (Å²) in [5.41, 5.74) is 8.06. The van der Waals surface area contributed by atoms with Crippen LogP contribution in [0.4, 0.5) is 5.69 Å². The van der Waals surface area contributed by atoms with E-state index in [9.17, 15) is 9.59 Å². The molecule has 34 heavy (non-hydrogen) atoms. The normalized spacial score (nSPS) is 11.7. The second-order valence-electron chi connectivity index (χ2n) is 7.55. The van der Waals surface area contributed by atoms with Crippen molar-refractivity contribution in [2.24, 2.45) is 5.73 Å². The van der Waals surface area contributed by atoms with Crippen LogP contribution in [0.15, 0.2) is 84.0 Å². The standard InChI is InChI=1S/C25H22ClN5O2S/c1-16(24(33)28-19-13-11-18(12-14-19)22(27)32)34-25-30-29-23(20-9-5-6-10-21(20)26)31(25)15-17-7-3-2-4-8-17/h2-14,16H,15H2,1H3,(H2,27,32)(H,28,33). The lowest BCUT2D eigenvalue weighted by Crippen LogP contribution is -2.23. The maximum Gasteiger partial charge on any atom is 0.248 e. The van der Waals surface area contributed by atoms with E-state index in [1.54, 1.807) is 31.2 Å². The molecule has 0 aliphatic rings. The number of thioether (sulfide) groups is 1. The number of hydrogen-bond acceptors (Lipinski definition) is 5. The van der Waals surface area contributed by atoms with Crippen molar-refractivity contribution in [3.8, 4) is 11.4 Å². The first-order chi connectivity index (χ1) is 16.4. The summed E-state index contributed by atoms with van der Waals surface area (Å²) in [6, 6.07) is 23.9. The summed E-state index contributed by atoms with van der Waals surface area (Å²) < 4.78 is 1.96. The van der Waals surface area contributed by atoms with Crippen LogP contribution < -0.4 is 11.1 Å². The molecular weight excluding hydrogens is 470 g/mol. The molecule has 1 atom stereocenters. The number of benzene rings is 3. The van der Waals surface area contributed by atoms with E-state index in [1.165, 1.54) is 11.8 Å². The predicted octanol–water partition coefficient (Wildman–Crippen LogP) is 4.87. The Labute approximate surface area is 206 Å². The number of nitrogens with zero attached hydrogens (tertiary/aromatic N) is 3. The molecule has 4 aromatic rings. The molecular formula is C25H22ClN5O2S. The molecule has 172 valence electrons. The number of anilines is 1. The van der Waals surface area contributed by atoms with Crippen molar-refractivity contribution < 1.29 is 9.59 Å². The molecule has 0 aliphatic heterocycles. The Bertz CT molecular complexity index is 1310. The highest BCUT2D eigenvalue weighted by atomic mass is 35.5. The van der Waals surface area contributed by atoms with Gasteiger partial charge >= 0.3 is 0 Å². The van der Waals surface area contributed by atoms with Crippen LogP contribution in [-0.4, -0.2) is 31.8 Å². The largest absolute Gasteiger partial charge is 0.366 e. The van der Waals surface area contributed by atoms with Gasteiger partial charge in [0.15, 0.2) is 11.0 Å². The number of halogens is 1. The minimum absolute atomic E-state index is 0.203. The molecule has 4 rings (SSSR count). The van der Waals surface area contributed by atoms with Crippen LogP contribution in [0, 0.1) is 0 Å². The molecule has 0 saturated heterocycles. The van der Waals surface area contributed by atoms with Gasteiger partial charge < -0.3 is 11.1 Å². The lowest BCUT2D eigenvalue weighted by atomic mass is 10.2. The Morgan fingerprint density at radius 1 is 1.00 bits per heavy atom. The van der Waals surface area contributed by atoms with Crippen molar-refractivity contribution in [1.29, 1.82) is 0 Å². The summed E-state index contributed by atoms with van der Waals surface area (Å²) in [6.07, 6.45) is 0.